The fourth-order valence-electron chi connectivity index (χ4n) is 1.34. The van der Waals surface area contributed by atoms with Crippen molar-refractivity contribution in [3.05, 3.63) is 52.3 Å². The minimum Gasteiger partial charge on any atom is -0.0852 e. The summed E-state index contributed by atoms with van der Waals surface area (Å²) < 4.78 is 0. The van der Waals surface area contributed by atoms with E-state index in [9.17, 15) is 0 Å². The molecule has 76 valence electrons. The van der Waals surface area contributed by atoms with Crippen molar-refractivity contribution in [2.45, 2.75) is 6.92 Å². The van der Waals surface area contributed by atoms with E-state index in [2.05, 4.69) is 35.7 Å². The van der Waals surface area contributed by atoms with Crippen molar-refractivity contribution >= 4 is 44.2 Å². The first-order chi connectivity index (χ1) is 7.27. The molecule has 1 aliphatic heterocycles. The Balaban J connectivity index is 2.34. The lowest BCUT2D eigenvalue weighted by Gasteiger charge is -2.03. The van der Waals surface area contributed by atoms with Crippen molar-refractivity contribution in [2.75, 3.05) is 0 Å². The van der Waals surface area contributed by atoms with Crippen LogP contribution in [0.1, 0.15) is 12.5 Å². The molecular formula is C12H10S3. The fraction of sp³-hybridized carbons (Fsp3) is 0.0833. The van der Waals surface area contributed by atoms with Gasteiger partial charge in [-0.05, 0) is 24.0 Å². The van der Waals surface area contributed by atoms with Crippen LogP contribution in [0.2, 0.25) is 0 Å². The summed E-state index contributed by atoms with van der Waals surface area (Å²) >= 11 is 5.11. The summed E-state index contributed by atoms with van der Waals surface area (Å²) in [7, 11) is 3.53. The van der Waals surface area contributed by atoms with Gasteiger partial charge in [0.05, 0.1) is 0 Å². The molecule has 15 heavy (non-hydrogen) atoms. The van der Waals surface area contributed by atoms with Crippen LogP contribution in [-0.4, -0.2) is 4.86 Å². The molecule has 0 radical (unpaired) electrons. The van der Waals surface area contributed by atoms with E-state index in [4.69, 9.17) is 12.2 Å². The summed E-state index contributed by atoms with van der Waals surface area (Å²) in [6, 6.07) is 10.4. The average molecular weight is 250 g/mol. The van der Waals surface area contributed by atoms with E-state index >= 15 is 0 Å². The molecule has 0 unspecified atom stereocenters. The molecule has 1 aromatic carbocycles. The number of hydrogen-bond donors (Lipinski definition) is 0. The van der Waals surface area contributed by atoms with Crippen molar-refractivity contribution in [2.24, 2.45) is 0 Å². The zero-order valence-electron chi connectivity index (χ0n) is 8.27. The van der Waals surface area contributed by atoms with Gasteiger partial charge in [-0.2, -0.15) is 0 Å². The Labute approximate surface area is 103 Å². The quantitative estimate of drug-likeness (QED) is 0.424. The second-order valence-corrected chi connectivity index (χ2v) is 5.95. The van der Waals surface area contributed by atoms with Gasteiger partial charge in [0.15, 0.2) is 0 Å². The van der Waals surface area contributed by atoms with Crippen molar-refractivity contribution in [3.63, 3.8) is 0 Å². The van der Waals surface area contributed by atoms with E-state index in [0.29, 0.717) is 0 Å². The zero-order chi connectivity index (χ0) is 10.7. The molecule has 0 N–H and O–H groups in total. The number of benzene rings is 1. The third-order valence-electron chi connectivity index (χ3n) is 1.99. The van der Waals surface area contributed by atoms with Crippen LogP contribution in [0.25, 0.3) is 5.57 Å². The first kappa shape index (κ1) is 11.0. The highest BCUT2D eigenvalue weighted by Gasteiger charge is 2.14. The van der Waals surface area contributed by atoms with Crippen molar-refractivity contribution < 1.29 is 0 Å². The molecule has 0 saturated carbocycles. The molecule has 0 aliphatic carbocycles. The van der Waals surface area contributed by atoms with Crippen LogP contribution >= 0.6 is 33.8 Å². The van der Waals surface area contributed by atoms with Gasteiger partial charge in [0.25, 0.3) is 0 Å². The number of hydrogen-bond acceptors (Lipinski definition) is 3. The SMILES string of the molecule is CC(=S)C=C1SSC=C1c1ccccc1. The van der Waals surface area contributed by atoms with E-state index < -0.39 is 0 Å². The maximum atomic E-state index is 5.11. The van der Waals surface area contributed by atoms with Gasteiger partial charge >= 0.3 is 0 Å². The van der Waals surface area contributed by atoms with Crippen LogP contribution in [0, 0.1) is 0 Å². The lowest BCUT2D eigenvalue weighted by Crippen LogP contribution is -1.85. The molecule has 1 heterocycles. The topological polar surface area (TPSA) is 0 Å². The average Bonchev–Trinajstić information content (AvgIpc) is 2.66. The van der Waals surface area contributed by atoms with Gasteiger partial charge in [0, 0.05) is 15.3 Å². The second kappa shape index (κ2) is 5.01. The fourth-order valence-corrected chi connectivity index (χ4v) is 3.77. The van der Waals surface area contributed by atoms with Gasteiger partial charge in [0.2, 0.25) is 0 Å². The van der Waals surface area contributed by atoms with Crippen LogP contribution < -0.4 is 0 Å². The summed E-state index contributed by atoms with van der Waals surface area (Å²) in [6.07, 6.45) is 2.07. The number of allylic oxidation sites excluding steroid dienone is 2. The van der Waals surface area contributed by atoms with Crippen LogP contribution in [0.4, 0.5) is 0 Å². The highest BCUT2D eigenvalue weighted by Crippen LogP contribution is 2.48. The Morgan fingerprint density at radius 3 is 2.67 bits per heavy atom. The van der Waals surface area contributed by atoms with Crippen molar-refractivity contribution in [1.29, 1.82) is 0 Å². The van der Waals surface area contributed by atoms with E-state index in [-0.39, 0.29) is 0 Å². The Morgan fingerprint density at radius 2 is 2.00 bits per heavy atom. The lowest BCUT2D eigenvalue weighted by atomic mass is 10.1. The summed E-state index contributed by atoms with van der Waals surface area (Å²) in [6.45, 7) is 1.95. The second-order valence-electron chi connectivity index (χ2n) is 3.20. The predicted molar refractivity (Wildman–Crippen MR) is 76.0 cm³/mol. The molecule has 2 rings (SSSR count). The highest BCUT2D eigenvalue weighted by atomic mass is 33.1. The molecule has 3 heteroatoms. The van der Waals surface area contributed by atoms with Crippen LogP contribution in [0.5, 0.6) is 0 Å². The predicted octanol–water partition coefficient (Wildman–Crippen LogP) is 4.70. The minimum absolute atomic E-state index is 0.932. The minimum atomic E-state index is 0.932. The molecular weight excluding hydrogens is 240 g/mol. The molecule has 0 amide bonds. The van der Waals surface area contributed by atoms with Gasteiger partial charge in [-0.15, -0.1) is 0 Å². The standard InChI is InChI=1S/C12H10S3/c1-9(13)7-12-11(8-14-15-12)10-5-3-2-4-6-10/h2-8H,1H3. The molecule has 0 aromatic heterocycles. The summed E-state index contributed by atoms with van der Waals surface area (Å²) in [5.74, 6) is 0. The van der Waals surface area contributed by atoms with E-state index in [1.807, 2.05) is 13.0 Å². The molecule has 1 aliphatic rings. The van der Waals surface area contributed by atoms with Crippen LogP contribution in [0.15, 0.2) is 46.7 Å². The van der Waals surface area contributed by atoms with Crippen molar-refractivity contribution in [1.82, 2.24) is 0 Å². The van der Waals surface area contributed by atoms with E-state index in [1.165, 1.54) is 16.0 Å². The largest absolute Gasteiger partial charge is 0.0852 e. The molecule has 1 aromatic rings. The van der Waals surface area contributed by atoms with Gasteiger partial charge in [0.1, 0.15) is 0 Å². The summed E-state index contributed by atoms with van der Waals surface area (Å²) in [5, 5.41) is 2.18. The molecule has 0 spiro atoms. The Kier molecular flexibility index (Phi) is 3.67. The number of thiocarbonyl (C=S) groups is 1. The maximum absolute atomic E-state index is 5.11. The lowest BCUT2D eigenvalue weighted by molar-refractivity contribution is 1.62. The normalized spacial score (nSPS) is 17.9. The van der Waals surface area contributed by atoms with Crippen LogP contribution in [0.3, 0.4) is 0 Å². The Bertz CT molecular complexity index is 429. The third kappa shape index (κ3) is 2.74. The van der Waals surface area contributed by atoms with E-state index in [0.717, 1.165) is 4.86 Å². The summed E-state index contributed by atoms with van der Waals surface area (Å²) in [5.41, 5.74) is 2.55. The number of rotatable bonds is 2. The Hall–Kier alpha value is -0.510. The first-order valence-corrected chi connectivity index (χ1v) is 7.21. The zero-order valence-corrected chi connectivity index (χ0v) is 10.7. The third-order valence-corrected chi connectivity index (χ3v) is 4.17. The van der Waals surface area contributed by atoms with Gasteiger partial charge < -0.3 is 0 Å². The van der Waals surface area contributed by atoms with Crippen molar-refractivity contribution in [3.8, 4) is 0 Å². The summed E-state index contributed by atoms with van der Waals surface area (Å²) in [4.78, 5) is 2.19. The molecule has 0 atom stereocenters. The molecule has 0 bridgehead atoms. The highest BCUT2D eigenvalue weighted by molar-refractivity contribution is 8.80. The van der Waals surface area contributed by atoms with E-state index in [1.54, 1.807) is 21.6 Å². The van der Waals surface area contributed by atoms with Gasteiger partial charge in [-0.25, -0.2) is 0 Å². The molecule has 0 saturated heterocycles. The van der Waals surface area contributed by atoms with Gasteiger partial charge in [-0.3, -0.25) is 0 Å². The Morgan fingerprint density at radius 1 is 1.27 bits per heavy atom. The van der Waals surface area contributed by atoms with Gasteiger partial charge in [-0.1, -0.05) is 64.1 Å². The molecule has 0 fully saturated rings. The first-order valence-electron chi connectivity index (χ1n) is 4.59. The monoisotopic (exact) mass is 250 g/mol. The van der Waals surface area contributed by atoms with Crippen LogP contribution in [-0.2, 0) is 0 Å². The maximum Gasteiger partial charge on any atom is 0.0280 e. The molecule has 0 nitrogen and oxygen atoms in total. The smallest absolute Gasteiger partial charge is 0.0280 e.